The molecule has 1 aromatic rings. The maximum atomic E-state index is 11.9. The lowest BCUT2D eigenvalue weighted by molar-refractivity contribution is -0.124. The van der Waals surface area contributed by atoms with Gasteiger partial charge in [0.1, 0.15) is 5.75 Å². The first-order valence-corrected chi connectivity index (χ1v) is 7.28. The highest BCUT2D eigenvalue weighted by molar-refractivity contribution is 5.77. The van der Waals surface area contributed by atoms with Gasteiger partial charge in [0.2, 0.25) is 0 Å². The Morgan fingerprint density at radius 2 is 2.00 bits per heavy atom. The molecular weight excluding hydrogens is 254 g/mol. The third-order valence-electron chi connectivity index (χ3n) is 3.88. The molecule has 4 nitrogen and oxygen atoms in total. The van der Waals surface area contributed by atoms with E-state index in [2.05, 4.69) is 5.32 Å². The second kappa shape index (κ2) is 7.29. The number of hydrogen-bond donors (Lipinski definition) is 2. The second-order valence-corrected chi connectivity index (χ2v) is 5.50. The first kappa shape index (κ1) is 14.9. The van der Waals surface area contributed by atoms with Gasteiger partial charge in [-0.3, -0.25) is 4.79 Å². The maximum Gasteiger partial charge on any atom is 0.258 e. The van der Waals surface area contributed by atoms with Gasteiger partial charge < -0.3 is 15.2 Å². The summed E-state index contributed by atoms with van der Waals surface area (Å²) >= 11 is 0. The second-order valence-electron chi connectivity index (χ2n) is 5.50. The number of aliphatic hydroxyl groups excluding tert-OH is 1. The molecule has 0 saturated heterocycles. The highest BCUT2D eigenvalue weighted by atomic mass is 16.5. The molecule has 1 fully saturated rings. The summed E-state index contributed by atoms with van der Waals surface area (Å²) in [4.78, 5) is 11.9. The minimum absolute atomic E-state index is 0.0255. The quantitative estimate of drug-likeness (QED) is 0.866. The lowest BCUT2D eigenvalue weighted by Gasteiger charge is -2.30. The van der Waals surface area contributed by atoms with Crippen molar-refractivity contribution in [2.45, 2.75) is 38.6 Å². The largest absolute Gasteiger partial charge is 0.484 e. The van der Waals surface area contributed by atoms with Crippen LogP contribution in [0.3, 0.4) is 0 Å². The van der Waals surface area contributed by atoms with E-state index in [1.807, 2.05) is 31.2 Å². The fourth-order valence-corrected chi connectivity index (χ4v) is 2.65. The van der Waals surface area contributed by atoms with Crippen LogP contribution in [0.15, 0.2) is 24.3 Å². The molecule has 1 aromatic carbocycles. The van der Waals surface area contributed by atoms with Crippen LogP contribution in [0, 0.1) is 12.8 Å². The monoisotopic (exact) mass is 277 g/mol. The summed E-state index contributed by atoms with van der Waals surface area (Å²) in [5.41, 5.74) is 1.16. The third kappa shape index (κ3) is 4.23. The van der Waals surface area contributed by atoms with Crippen molar-refractivity contribution in [3.05, 3.63) is 29.8 Å². The minimum Gasteiger partial charge on any atom is -0.484 e. The van der Waals surface area contributed by atoms with E-state index in [1.165, 1.54) is 0 Å². The molecule has 1 aliphatic carbocycles. The number of amides is 1. The molecule has 0 spiro atoms. The third-order valence-corrected chi connectivity index (χ3v) is 3.88. The zero-order chi connectivity index (χ0) is 14.4. The minimum atomic E-state index is -0.115. The Labute approximate surface area is 120 Å². The molecule has 1 aliphatic rings. The van der Waals surface area contributed by atoms with E-state index < -0.39 is 0 Å². The molecule has 0 radical (unpaired) electrons. The average molecular weight is 277 g/mol. The average Bonchev–Trinajstić information content (AvgIpc) is 2.47. The molecule has 4 heteroatoms. The van der Waals surface area contributed by atoms with Crippen molar-refractivity contribution in [2.24, 2.45) is 5.92 Å². The van der Waals surface area contributed by atoms with Crippen molar-refractivity contribution < 1.29 is 14.6 Å². The van der Waals surface area contributed by atoms with E-state index >= 15 is 0 Å². The van der Waals surface area contributed by atoms with Crippen LogP contribution in [-0.2, 0) is 4.79 Å². The van der Waals surface area contributed by atoms with Crippen LogP contribution in [0.4, 0.5) is 0 Å². The van der Waals surface area contributed by atoms with Crippen molar-refractivity contribution in [3.8, 4) is 5.75 Å². The number of aliphatic hydroxyl groups is 1. The SMILES string of the molecule is Cc1ccc(OCC(=O)NC2CCCCC2CO)cc1. The Bertz CT molecular complexity index is 430. The van der Waals surface area contributed by atoms with Crippen LogP contribution < -0.4 is 10.1 Å². The zero-order valence-corrected chi connectivity index (χ0v) is 12.0. The molecule has 20 heavy (non-hydrogen) atoms. The molecule has 0 heterocycles. The molecule has 1 saturated carbocycles. The summed E-state index contributed by atoms with van der Waals surface area (Å²) < 4.78 is 5.46. The predicted octanol–water partition coefficient (Wildman–Crippen LogP) is 2.04. The molecule has 2 rings (SSSR count). The van der Waals surface area contributed by atoms with Crippen LogP contribution >= 0.6 is 0 Å². The number of hydrogen-bond acceptors (Lipinski definition) is 3. The number of nitrogens with one attached hydrogen (secondary N) is 1. The lowest BCUT2D eigenvalue weighted by Crippen LogP contribution is -2.45. The number of ether oxygens (including phenoxy) is 1. The van der Waals surface area contributed by atoms with Crippen LogP contribution in [0.1, 0.15) is 31.2 Å². The number of aryl methyl sites for hydroxylation is 1. The molecule has 0 aromatic heterocycles. The van der Waals surface area contributed by atoms with Gasteiger partial charge in [-0.05, 0) is 31.9 Å². The van der Waals surface area contributed by atoms with Gasteiger partial charge in [0.25, 0.3) is 5.91 Å². The summed E-state index contributed by atoms with van der Waals surface area (Å²) in [6, 6.07) is 7.72. The first-order valence-electron chi connectivity index (χ1n) is 7.28. The molecule has 0 bridgehead atoms. The first-order chi connectivity index (χ1) is 9.69. The van der Waals surface area contributed by atoms with Gasteiger partial charge in [0.05, 0.1) is 0 Å². The number of carbonyl (C=O) groups excluding carboxylic acids is 1. The van der Waals surface area contributed by atoms with E-state index in [9.17, 15) is 9.90 Å². The number of carbonyl (C=O) groups is 1. The number of benzene rings is 1. The van der Waals surface area contributed by atoms with E-state index in [0.717, 1.165) is 31.2 Å². The summed E-state index contributed by atoms with van der Waals surface area (Å²) in [7, 11) is 0. The zero-order valence-electron chi connectivity index (χ0n) is 12.0. The van der Waals surface area contributed by atoms with Gasteiger partial charge >= 0.3 is 0 Å². The highest BCUT2D eigenvalue weighted by Crippen LogP contribution is 2.23. The summed E-state index contributed by atoms with van der Waals surface area (Å²) in [6.07, 6.45) is 4.18. The summed E-state index contributed by atoms with van der Waals surface area (Å²) in [5, 5.41) is 12.3. The van der Waals surface area contributed by atoms with Crippen molar-refractivity contribution in [1.82, 2.24) is 5.32 Å². The molecule has 2 unspecified atom stereocenters. The van der Waals surface area contributed by atoms with Crippen LogP contribution in [-0.4, -0.2) is 30.3 Å². The van der Waals surface area contributed by atoms with Gasteiger partial charge in [-0.15, -0.1) is 0 Å². The smallest absolute Gasteiger partial charge is 0.258 e. The van der Waals surface area contributed by atoms with Gasteiger partial charge in [0, 0.05) is 18.6 Å². The fraction of sp³-hybridized carbons (Fsp3) is 0.562. The number of rotatable bonds is 5. The molecule has 110 valence electrons. The Balaban J connectivity index is 1.78. The van der Waals surface area contributed by atoms with E-state index in [1.54, 1.807) is 0 Å². The van der Waals surface area contributed by atoms with Crippen LogP contribution in [0.2, 0.25) is 0 Å². The predicted molar refractivity (Wildman–Crippen MR) is 77.6 cm³/mol. The fourth-order valence-electron chi connectivity index (χ4n) is 2.65. The van der Waals surface area contributed by atoms with Gasteiger partial charge in [-0.2, -0.15) is 0 Å². The van der Waals surface area contributed by atoms with E-state index in [4.69, 9.17) is 4.74 Å². The molecule has 2 atom stereocenters. The molecular formula is C16H23NO3. The van der Waals surface area contributed by atoms with Crippen LogP contribution in [0.5, 0.6) is 5.75 Å². The summed E-state index contributed by atoms with van der Waals surface area (Å²) in [6.45, 7) is 2.18. The maximum absolute atomic E-state index is 11.9. The van der Waals surface area contributed by atoms with Gasteiger partial charge in [-0.1, -0.05) is 30.5 Å². The Hall–Kier alpha value is -1.55. The van der Waals surface area contributed by atoms with Crippen molar-refractivity contribution in [2.75, 3.05) is 13.2 Å². The topological polar surface area (TPSA) is 58.6 Å². The normalized spacial score (nSPS) is 22.3. The Morgan fingerprint density at radius 1 is 1.30 bits per heavy atom. The van der Waals surface area contributed by atoms with E-state index in [-0.39, 0.29) is 31.1 Å². The van der Waals surface area contributed by atoms with E-state index in [0.29, 0.717) is 5.75 Å². The lowest BCUT2D eigenvalue weighted by atomic mass is 9.85. The van der Waals surface area contributed by atoms with Crippen molar-refractivity contribution >= 4 is 5.91 Å². The Kier molecular flexibility index (Phi) is 5.41. The molecule has 2 N–H and O–H groups in total. The molecule has 0 aliphatic heterocycles. The Morgan fingerprint density at radius 3 is 2.70 bits per heavy atom. The molecule has 1 amide bonds. The highest BCUT2D eigenvalue weighted by Gasteiger charge is 2.25. The van der Waals surface area contributed by atoms with Gasteiger partial charge in [0.15, 0.2) is 6.61 Å². The van der Waals surface area contributed by atoms with Crippen molar-refractivity contribution in [1.29, 1.82) is 0 Å². The van der Waals surface area contributed by atoms with Gasteiger partial charge in [-0.25, -0.2) is 0 Å². The summed E-state index contributed by atoms with van der Waals surface area (Å²) in [5.74, 6) is 0.774. The van der Waals surface area contributed by atoms with Crippen molar-refractivity contribution in [3.63, 3.8) is 0 Å². The standard InChI is InChI=1S/C16H23NO3/c1-12-6-8-14(9-7-12)20-11-16(19)17-15-5-3-2-4-13(15)10-18/h6-9,13,15,18H,2-5,10-11H2,1H3,(H,17,19). The van der Waals surface area contributed by atoms with Crippen LogP contribution in [0.25, 0.3) is 0 Å².